The Kier molecular flexibility index (Phi) is 4.15. The molecule has 0 aromatic carbocycles. The van der Waals surface area contributed by atoms with Gasteiger partial charge in [0, 0.05) is 18.9 Å². The Balaban J connectivity index is 1.77. The van der Waals surface area contributed by atoms with Crippen molar-refractivity contribution in [3.05, 3.63) is 58.9 Å². The van der Waals surface area contributed by atoms with Crippen molar-refractivity contribution in [3.8, 4) is 11.5 Å². The highest BCUT2D eigenvalue weighted by atomic mass is 35.5. The molecule has 0 aliphatic rings. The van der Waals surface area contributed by atoms with E-state index in [0.29, 0.717) is 16.9 Å². The second-order valence-electron chi connectivity index (χ2n) is 5.47. The maximum atomic E-state index is 6.03. The topological polar surface area (TPSA) is 61.4 Å². The molecule has 0 aliphatic heterocycles. The van der Waals surface area contributed by atoms with Gasteiger partial charge in [-0.15, -0.1) is 0 Å². The minimum Gasteiger partial charge on any atom is -0.322 e. The smallest absolute Gasteiger partial charge is 0.161 e. The van der Waals surface area contributed by atoms with Crippen LogP contribution >= 0.6 is 23.2 Å². The minimum atomic E-state index is 0.437. The number of imidazole rings is 2. The first-order valence-electron chi connectivity index (χ1n) is 7.81. The largest absolute Gasteiger partial charge is 0.322 e. The molecule has 4 rings (SSSR count). The zero-order chi connectivity index (χ0) is 17.4. The Morgan fingerprint density at radius 3 is 2.64 bits per heavy atom. The molecule has 4 aromatic heterocycles. The number of hydrogen-bond donors (Lipinski definition) is 0. The normalized spacial score (nSPS) is 11.3. The van der Waals surface area contributed by atoms with Crippen molar-refractivity contribution in [2.75, 3.05) is 0 Å². The molecule has 0 unspecified atom stereocenters. The fraction of sp³-hybridized carbons (Fsp3) is 0.176. The zero-order valence-corrected chi connectivity index (χ0v) is 14.9. The lowest BCUT2D eigenvalue weighted by Gasteiger charge is -2.09. The lowest BCUT2D eigenvalue weighted by molar-refractivity contribution is 0.663. The van der Waals surface area contributed by atoms with E-state index in [2.05, 4.69) is 26.4 Å². The third kappa shape index (κ3) is 2.99. The summed E-state index contributed by atoms with van der Waals surface area (Å²) in [5, 5.41) is 0.895. The molecule has 0 N–H and O–H groups in total. The van der Waals surface area contributed by atoms with Crippen LogP contribution in [0.1, 0.15) is 12.7 Å². The van der Waals surface area contributed by atoms with Crippen molar-refractivity contribution in [2.24, 2.45) is 0 Å². The third-order valence-electron chi connectivity index (χ3n) is 3.92. The molecule has 8 heteroatoms. The summed E-state index contributed by atoms with van der Waals surface area (Å²) in [4.78, 5) is 17.9. The number of aromatic nitrogens is 6. The second-order valence-corrected chi connectivity index (χ2v) is 6.25. The van der Waals surface area contributed by atoms with Crippen molar-refractivity contribution in [1.29, 1.82) is 0 Å². The molecule has 0 saturated carbocycles. The zero-order valence-electron chi connectivity index (χ0n) is 13.4. The predicted octanol–water partition coefficient (Wildman–Crippen LogP) is 4.06. The van der Waals surface area contributed by atoms with E-state index < -0.39 is 0 Å². The summed E-state index contributed by atoms with van der Waals surface area (Å²) in [6.45, 7) is 3.35. The summed E-state index contributed by atoms with van der Waals surface area (Å²) in [5.74, 6) is 1.62. The number of fused-ring (bicyclic) bond motifs is 1. The minimum absolute atomic E-state index is 0.437. The fourth-order valence-corrected chi connectivity index (χ4v) is 3.14. The van der Waals surface area contributed by atoms with Crippen LogP contribution < -0.4 is 0 Å². The van der Waals surface area contributed by atoms with Gasteiger partial charge in [-0.1, -0.05) is 29.3 Å². The van der Waals surface area contributed by atoms with Crippen LogP contribution in [-0.2, 0) is 13.1 Å². The van der Waals surface area contributed by atoms with E-state index in [4.69, 9.17) is 28.2 Å². The van der Waals surface area contributed by atoms with Crippen LogP contribution in [0.5, 0.6) is 0 Å². The number of pyridine rings is 2. The molecule has 126 valence electrons. The highest BCUT2D eigenvalue weighted by Crippen LogP contribution is 2.21. The SMILES string of the molecule is CCn1c(Cn2ccnc2-c2cccc(Cl)n2)nc2ccc(Cl)nc21. The summed E-state index contributed by atoms with van der Waals surface area (Å²) in [5.41, 5.74) is 2.33. The van der Waals surface area contributed by atoms with Crippen LogP contribution in [0.3, 0.4) is 0 Å². The summed E-state index contributed by atoms with van der Waals surface area (Å²) in [6.07, 6.45) is 3.64. The van der Waals surface area contributed by atoms with E-state index in [9.17, 15) is 0 Å². The first kappa shape index (κ1) is 16.1. The van der Waals surface area contributed by atoms with Crippen LogP contribution in [0.15, 0.2) is 42.7 Å². The van der Waals surface area contributed by atoms with Crippen LogP contribution in [0.25, 0.3) is 22.7 Å². The number of aryl methyl sites for hydroxylation is 1. The molecule has 0 aliphatic carbocycles. The number of halogens is 2. The molecule has 0 fully saturated rings. The van der Waals surface area contributed by atoms with Crippen LogP contribution in [0.4, 0.5) is 0 Å². The number of hydrogen-bond acceptors (Lipinski definition) is 4. The molecule has 0 saturated heterocycles. The summed E-state index contributed by atoms with van der Waals surface area (Å²) in [7, 11) is 0. The first-order valence-corrected chi connectivity index (χ1v) is 8.57. The van der Waals surface area contributed by atoms with Gasteiger partial charge in [0.25, 0.3) is 0 Å². The third-order valence-corrected chi connectivity index (χ3v) is 4.35. The van der Waals surface area contributed by atoms with Crippen molar-refractivity contribution < 1.29 is 0 Å². The fourth-order valence-electron chi connectivity index (χ4n) is 2.83. The Morgan fingerprint density at radius 1 is 1.00 bits per heavy atom. The van der Waals surface area contributed by atoms with Crippen molar-refractivity contribution in [2.45, 2.75) is 20.0 Å². The predicted molar refractivity (Wildman–Crippen MR) is 97.8 cm³/mol. The maximum absolute atomic E-state index is 6.03. The average molecular weight is 373 g/mol. The van der Waals surface area contributed by atoms with Gasteiger partial charge >= 0.3 is 0 Å². The van der Waals surface area contributed by atoms with E-state index in [1.54, 1.807) is 18.3 Å². The number of nitrogens with zero attached hydrogens (tertiary/aromatic N) is 6. The molecule has 0 spiro atoms. The quantitative estimate of drug-likeness (QED) is 0.506. The molecular formula is C17H14Cl2N6. The Labute approximate surface area is 154 Å². The highest BCUT2D eigenvalue weighted by Gasteiger charge is 2.14. The lowest BCUT2D eigenvalue weighted by Crippen LogP contribution is -2.09. The molecule has 0 atom stereocenters. The highest BCUT2D eigenvalue weighted by molar-refractivity contribution is 6.29. The van der Waals surface area contributed by atoms with Gasteiger partial charge in [-0.25, -0.2) is 19.9 Å². The standard InChI is InChI=1S/C17H14Cl2N6/c1-2-25-15(22-12-6-7-14(19)23-17(12)25)10-24-9-8-20-16(24)11-4-3-5-13(18)21-11/h3-9H,2,10H2,1H3. The van der Waals surface area contributed by atoms with E-state index in [1.807, 2.05) is 29.0 Å². The van der Waals surface area contributed by atoms with Crippen molar-refractivity contribution in [3.63, 3.8) is 0 Å². The lowest BCUT2D eigenvalue weighted by atomic mass is 10.3. The maximum Gasteiger partial charge on any atom is 0.161 e. The molecular weight excluding hydrogens is 359 g/mol. The van der Waals surface area contributed by atoms with Gasteiger partial charge in [-0.2, -0.15) is 0 Å². The summed E-state index contributed by atoms with van der Waals surface area (Å²) >= 11 is 12.0. The van der Waals surface area contributed by atoms with Crippen LogP contribution in [0.2, 0.25) is 10.3 Å². The van der Waals surface area contributed by atoms with Crippen molar-refractivity contribution >= 4 is 34.4 Å². The molecule has 6 nitrogen and oxygen atoms in total. The molecule has 4 aromatic rings. The molecule has 0 radical (unpaired) electrons. The van der Waals surface area contributed by atoms with Gasteiger partial charge in [0.15, 0.2) is 11.5 Å². The van der Waals surface area contributed by atoms with Gasteiger partial charge in [-0.3, -0.25) is 0 Å². The van der Waals surface area contributed by atoms with Gasteiger partial charge in [0.1, 0.15) is 27.3 Å². The second kappa shape index (κ2) is 6.46. The summed E-state index contributed by atoms with van der Waals surface area (Å²) < 4.78 is 4.05. The summed E-state index contributed by atoms with van der Waals surface area (Å²) in [6, 6.07) is 9.11. The van der Waals surface area contributed by atoms with Gasteiger partial charge in [-0.05, 0) is 31.2 Å². The van der Waals surface area contributed by atoms with E-state index in [-0.39, 0.29) is 0 Å². The van der Waals surface area contributed by atoms with Gasteiger partial charge in [0.05, 0.1) is 6.54 Å². The molecule has 0 bridgehead atoms. The van der Waals surface area contributed by atoms with Crippen LogP contribution in [0, 0.1) is 0 Å². The molecule has 0 amide bonds. The monoisotopic (exact) mass is 372 g/mol. The Bertz CT molecular complexity index is 1050. The average Bonchev–Trinajstić information content (AvgIpc) is 3.19. The molecule has 4 heterocycles. The first-order chi connectivity index (χ1) is 12.2. The van der Waals surface area contributed by atoms with Gasteiger partial charge in [0.2, 0.25) is 0 Å². The van der Waals surface area contributed by atoms with Gasteiger partial charge < -0.3 is 9.13 Å². The molecule has 25 heavy (non-hydrogen) atoms. The van der Waals surface area contributed by atoms with E-state index in [1.165, 1.54) is 0 Å². The Morgan fingerprint density at radius 2 is 1.84 bits per heavy atom. The number of rotatable bonds is 4. The Hall–Kier alpha value is -2.44. The van der Waals surface area contributed by atoms with E-state index in [0.717, 1.165) is 35.1 Å². The van der Waals surface area contributed by atoms with Crippen LogP contribution in [-0.4, -0.2) is 29.1 Å². The van der Waals surface area contributed by atoms with E-state index >= 15 is 0 Å². The van der Waals surface area contributed by atoms with Crippen molar-refractivity contribution in [1.82, 2.24) is 29.1 Å².